The summed E-state index contributed by atoms with van der Waals surface area (Å²) in [7, 11) is 0. The number of carbonyl (C=O) groups is 1. The molecule has 1 heterocycles. The fraction of sp³-hybridized carbons (Fsp3) is 0.0625. The lowest BCUT2D eigenvalue weighted by molar-refractivity contribution is 0.101. The Morgan fingerprint density at radius 1 is 1.08 bits per heavy atom. The number of hydrogen-bond acceptors (Lipinski definition) is 5. The van der Waals surface area contributed by atoms with E-state index >= 15 is 0 Å². The molecule has 0 radical (unpaired) electrons. The van der Waals surface area contributed by atoms with Crippen molar-refractivity contribution in [2.75, 3.05) is 5.32 Å². The zero-order valence-corrected chi connectivity index (χ0v) is 13.0. The quantitative estimate of drug-likeness (QED) is 0.737. The van der Waals surface area contributed by atoms with Crippen molar-refractivity contribution in [1.29, 1.82) is 0 Å². The van der Waals surface area contributed by atoms with Crippen molar-refractivity contribution in [3.05, 3.63) is 65.2 Å². The molecule has 3 rings (SSSR count). The molecular formula is C16H11F2N3O2S. The Kier molecular flexibility index (Phi) is 4.76. The lowest BCUT2D eigenvalue weighted by atomic mass is 10.2. The molecule has 0 unspecified atom stereocenters. The summed E-state index contributed by atoms with van der Waals surface area (Å²) in [6.45, 7) is 0. The zero-order valence-electron chi connectivity index (χ0n) is 12.1. The van der Waals surface area contributed by atoms with Crippen LogP contribution in [-0.4, -0.2) is 15.5 Å². The zero-order chi connectivity index (χ0) is 16.9. The van der Waals surface area contributed by atoms with Crippen molar-refractivity contribution in [2.24, 2.45) is 0 Å². The van der Waals surface area contributed by atoms with Crippen molar-refractivity contribution < 1.29 is 18.3 Å². The lowest BCUT2D eigenvalue weighted by Gasteiger charge is -2.08. The molecule has 0 aliphatic carbocycles. The second-order valence-corrected chi connectivity index (χ2v) is 5.44. The number of rotatable bonds is 5. The highest BCUT2D eigenvalue weighted by atomic mass is 32.1. The first-order valence-electron chi connectivity index (χ1n) is 6.88. The van der Waals surface area contributed by atoms with Crippen molar-refractivity contribution in [1.82, 2.24) is 9.59 Å². The number of hydrogen-bond donors (Lipinski definition) is 1. The van der Waals surface area contributed by atoms with E-state index in [2.05, 4.69) is 14.9 Å². The molecule has 5 nitrogen and oxygen atoms in total. The van der Waals surface area contributed by atoms with E-state index in [4.69, 9.17) is 4.74 Å². The molecule has 0 fully saturated rings. The molecule has 0 aliphatic heterocycles. The number of anilines is 1. The Balaban J connectivity index is 1.75. The maximum Gasteiger partial charge on any atom is 0.283 e. The van der Waals surface area contributed by atoms with Gasteiger partial charge in [0.05, 0.1) is 0 Å². The van der Waals surface area contributed by atoms with Crippen LogP contribution in [0.3, 0.4) is 0 Å². The number of ether oxygens (including phenoxy) is 1. The van der Waals surface area contributed by atoms with Crippen molar-refractivity contribution >= 4 is 23.1 Å². The number of para-hydroxylation sites is 1. The number of amides is 1. The number of benzene rings is 2. The van der Waals surface area contributed by atoms with Crippen LogP contribution in [0.15, 0.2) is 54.6 Å². The minimum atomic E-state index is -2.85. The number of nitrogens with zero attached hydrogens (tertiary/aromatic N) is 2. The molecule has 0 saturated carbocycles. The highest BCUT2D eigenvalue weighted by Crippen LogP contribution is 2.26. The van der Waals surface area contributed by atoms with Gasteiger partial charge < -0.3 is 10.1 Å². The molecule has 0 saturated heterocycles. The van der Waals surface area contributed by atoms with Gasteiger partial charge in [-0.05, 0) is 35.8 Å². The average Bonchev–Trinajstić information content (AvgIpc) is 3.06. The first-order chi connectivity index (χ1) is 11.6. The van der Waals surface area contributed by atoms with E-state index in [1.807, 2.05) is 18.2 Å². The minimum absolute atomic E-state index is 0.209. The number of nitrogens with one attached hydrogen (secondary N) is 1. The van der Waals surface area contributed by atoms with Crippen molar-refractivity contribution in [3.63, 3.8) is 0 Å². The fourth-order valence-electron chi connectivity index (χ4n) is 1.95. The minimum Gasteiger partial charge on any atom is -0.457 e. The van der Waals surface area contributed by atoms with Crippen LogP contribution in [0.25, 0.3) is 0 Å². The van der Waals surface area contributed by atoms with Gasteiger partial charge in [0.2, 0.25) is 0 Å². The van der Waals surface area contributed by atoms with Crippen LogP contribution < -0.4 is 10.1 Å². The van der Waals surface area contributed by atoms with Gasteiger partial charge in [-0.3, -0.25) is 4.79 Å². The smallest absolute Gasteiger partial charge is 0.283 e. The van der Waals surface area contributed by atoms with E-state index in [1.54, 1.807) is 36.4 Å². The highest BCUT2D eigenvalue weighted by Gasteiger charge is 2.23. The van der Waals surface area contributed by atoms with Crippen LogP contribution in [-0.2, 0) is 0 Å². The molecule has 1 aromatic heterocycles. The Labute approximate surface area is 140 Å². The maximum absolute atomic E-state index is 12.8. The van der Waals surface area contributed by atoms with Crippen molar-refractivity contribution in [3.8, 4) is 11.5 Å². The summed E-state index contributed by atoms with van der Waals surface area (Å²) in [5.74, 6) is 0.472. The molecule has 1 amide bonds. The second kappa shape index (κ2) is 7.14. The molecule has 0 bridgehead atoms. The number of alkyl halides is 2. The van der Waals surface area contributed by atoms with E-state index in [9.17, 15) is 13.6 Å². The predicted octanol–water partition coefficient (Wildman–Crippen LogP) is 4.52. The molecule has 1 N–H and O–H groups in total. The van der Waals surface area contributed by atoms with Gasteiger partial charge in [0.25, 0.3) is 12.3 Å². The first kappa shape index (κ1) is 16.0. The van der Waals surface area contributed by atoms with Crippen LogP contribution in [0, 0.1) is 0 Å². The highest BCUT2D eigenvalue weighted by molar-refractivity contribution is 7.08. The molecule has 0 spiro atoms. The first-order valence-corrected chi connectivity index (χ1v) is 7.65. The Morgan fingerprint density at radius 2 is 1.83 bits per heavy atom. The van der Waals surface area contributed by atoms with E-state index in [1.165, 1.54) is 0 Å². The molecular weight excluding hydrogens is 336 g/mol. The summed E-state index contributed by atoms with van der Waals surface area (Å²) >= 11 is 0.628. The number of halogens is 2. The average molecular weight is 347 g/mol. The summed E-state index contributed by atoms with van der Waals surface area (Å²) in [5, 5.41) is 5.83. The van der Waals surface area contributed by atoms with E-state index < -0.39 is 18.0 Å². The van der Waals surface area contributed by atoms with Gasteiger partial charge in [0.15, 0.2) is 5.69 Å². The van der Waals surface area contributed by atoms with Gasteiger partial charge >= 0.3 is 0 Å². The summed E-state index contributed by atoms with van der Waals surface area (Å²) in [6.07, 6.45) is -2.85. The Bertz CT molecular complexity index is 840. The SMILES string of the molecule is O=C(Nc1cccc(Oc2ccccc2)c1)c1snnc1C(F)F. The maximum atomic E-state index is 12.8. The number of carbonyl (C=O) groups excluding carboxylic acids is 1. The van der Waals surface area contributed by atoms with E-state index in [0.717, 1.165) is 0 Å². The Morgan fingerprint density at radius 3 is 2.58 bits per heavy atom. The molecule has 0 aliphatic rings. The lowest BCUT2D eigenvalue weighted by Crippen LogP contribution is -2.12. The van der Waals surface area contributed by atoms with Gasteiger partial charge in [-0.1, -0.05) is 28.8 Å². The molecule has 0 atom stereocenters. The summed E-state index contributed by atoms with van der Waals surface area (Å²) in [6, 6.07) is 15.8. The standard InChI is InChI=1S/C16H11F2N3O2S/c17-15(18)13-14(24-21-20-13)16(22)19-10-5-4-8-12(9-10)23-11-6-2-1-3-7-11/h1-9,15H,(H,19,22). The summed E-state index contributed by atoms with van der Waals surface area (Å²) < 4.78 is 34.6. The largest absolute Gasteiger partial charge is 0.457 e. The van der Waals surface area contributed by atoms with Gasteiger partial charge in [-0.15, -0.1) is 5.10 Å². The van der Waals surface area contributed by atoms with Gasteiger partial charge in [-0.2, -0.15) is 0 Å². The van der Waals surface area contributed by atoms with Crippen LogP contribution in [0.5, 0.6) is 11.5 Å². The van der Waals surface area contributed by atoms with Crippen molar-refractivity contribution in [2.45, 2.75) is 6.43 Å². The van der Waals surface area contributed by atoms with E-state index in [0.29, 0.717) is 28.7 Å². The molecule has 8 heteroatoms. The second-order valence-electron chi connectivity index (χ2n) is 4.69. The summed E-state index contributed by atoms with van der Waals surface area (Å²) in [5.41, 5.74) is -0.198. The Hall–Kier alpha value is -2.87. The van der Waals surface area contributed by atoms with Crippen LogP contribution in [0.2, 0.25) is 0 Å². The van der Waals surface area contributed by atoms with E-state index in [-0.39, 0.29) is 4.88 Å². The predicted molar refractivity (Wildman–Crippen MR) is 85.8 cm³/mol. The van der Waals surface area contributed by atoms with Crippen LogP contribution in [0.4, 0.5) is 14.5 Å². The molecule has 3 aromatic rings. The molecule has 24 heavy (non-hydrogen) atoms. The molecule has 2 aromatic carbocycles. The topological polar surface area (TPSA) is 64.1 Å². The third-order valence-corrected chi connectivity index (χ3v) is 3.74. The third-order valence-electron chi connectivity index (χ3n) is 3.00. The van der Waals surface area contributed by atoms with Crippen LogP contribution >= 0.6 is 11.5 Å². The van der Waals surface area contributed by atoms with Gasteiger partial charge in [-0.25, -0.2) is 8.78 Å². The molecule has 122 valence electrons. The fourth-order valence-corrected chi connectivity index (χ4v) is 2.52. The normalized spacial score (nSPS) is 10.6. The van der Waals surface area contributed by atoms with Gasteiger partial charge in [0.1, 0.15) is 16.4 Å². The number of aromatic nitrogens is 2. The monoisotopic (exact) mass is 347 g/mol. The summed E-state index contributed by atoms with van der Waals surface area (Å²) in [4.78, 5) is 11.9. The van der Waals surface area contributed by atoms with Gasteiger partial charge in [0, 0.05) is 11.8 Å². The third kappa shape index (κ3) is 3.72. The van der Waals surface area contributed by atoms with Crippen LogP contribution in [0.1, 0.15) is 21.8 Å².